The van der Waals surface area contributed by atoms with E-state index < -0.39 is 0 Å². The maximum Gasteiger partial charge on any atom is 0.224 e. The molecule has 0 aliphatic heterocycles. The van der Waals surface area contributed by atoms with Crippen molar-refractivity contribution in [2.45, 2.75) is 45.6 Å². The topological polar surface area (TPSA) is 29.1 Å². The van der Waals surface area contributed by atoms with Crippen molar-refractivity contribution in [3.8, 4) is 0 Å². The zero-order valence-electron chi connectivity index (χ0n) is 13.1. The molecule has 0 saturated heterocycles. The van der Waals surface area contributed by atoms with Crippen LogP contribution in [-0.2, 0) is 16.6 Å². The van der Waals surface area contributed by atoms with Crippen molar-refractivity contribution in [1.82, 2.24) is 5.32 Å². The molecule has 1 aromatic carbocycles. The molecule has 0 spiro atoms. The number of nitrogens with one attached hydrogen (secondary N) is 1. The first kappa shape index (κ1) is 15.8. The molecule has 1 unspecified atom stereocenters. The van der Waals surface area contributed by atoms with Crippen molar-refractivity contribution < 1.29 is 4.79 Å². The molecule has 0 aliphatic carbocycles. The van der Waals surface area contributed by atoms with Gasteiger partial charge in [-0.25, -0.2) is 0 Å². The van der Waals surface area contributed by atoms with Crippen LogP contribution in [0.1, 0.15) is 50.4 Å². The van der Waals surface area contributed by atoms with Gasteiger partial charge in [0.2, 0.25) is 5.91 Å². The standard InChI is InChI=1S/C18H23NOS/c1-13(19-17(20)11-14-9-10-21-12-14)15-5-7-16(8-6-15)18(2,3)4/h5-10,12-13H,11H2,1-4H3,(H,19,20). The largest absolute Gasteiger partial charge is 0.349 e. The lowest BCUT2D eigenvalue weighted by Gasteiger charge is -2.20. The van der Waals surface area contributed by atoms with Gasteiger partial charge in [-0.15, -0.1) is 0 Å². The minimum absolute atomic E-state index is 0.0326. The van der Waals surface area contributed by atoms with E-state index >= 15 is 0 Å². The van der Waals surface area contributed by atoms with Crippen LogP contribution >= 0.6 is 11.3 Å². The first-order chi connectivity index (χ1) is 9.86. The highest BCUT2D eigenvalue weighted by molar-refractivity contribution is 7.07. The van der Waals surface area contributed by atoms with Gasteiger partial charge in [0.05, 0.1) is 12.5 Å². The number of hydrogen-bond donors (Lipinski definition) is 1. The lowest BCUT2D eigenvalue weighted by Crippen LogP contribution is -2.28. The first-order valence-corrected chi connectivity index (χ1v) is 8.21. The Morgan fingerprint density at radius 2 is 1.86 bits per heavy atom. The van der Waals surface area contributed by atoms with Crippen molar-refractivity contribution in [3.05, 3.63) is 57.8 Å². The number of benzene rings is 1. The predicted octanol–water partition coefficient (Wildman–Crippen LogP) is 4.47. The van der Waals surface area contributed by atoms with Crippen molar-refractivity contribution in [3.63, 3.8) is 0 Å². The van der Waals surface area contributed by atoms with Crippen LogP contribution in [0.2, 0.25) is 0 Å². The van der Waals surface area contributed by atoms with Gasteiger partial charge in [0.1, 0.15) is 0 Å². The molecule has 112 valence electrons. The monoisotopic (exact) mass is 301 g/mol. The van der Waals surface area contributed by atoms with Gasteiger partial charge in [0.15, 0.2) is 0 Å². The molecule has 1 aromatic heterocycles. The van der Waals surface area contributed by atoms with Crippen LogP contribution in [0, 0.1) is 0 Å². The minimum atomic E-state index is 0.0326. The van der Waals surface area contributed by atoms with Gasteiger partial charge < -0.3 is 5.32 Å². The second-order valence-corrected chi connectivity index (χ2v) is 7.25. The Balaban J connectivity index is 1.96. The van der Waals surface area contributed by atoms with E-state index in [1.807, 2.05) is 23.8 Å². The van der Waals surface area contributed by atoms with Gasteiger partial charge in [0.25, 0.3) is 0 Å². The summed E-state index contributed by atoms with van der Waals surface area (Å²) in [5, 5.41) is 7.07. The Hall–Kier alpha value is -1.61. The molecular weight excluding hydrogens is 278 g/mol. The minimum Gasteiger partial charge on any atom is -0.349 e. The van der Waals surface area contributed by atoms with E-state index in [2.05, 4.69) is 50.4 Å². The molecule has 0 saturated carbocycles. The maximum atomic E-state index is 12.0. The van der Waals surface area contributed by atoms with E-state index in [4.69, 9.17) is 0 Å². The maximum absolute atomic E-state index is 12.0. The fraction of sp³-hybridized carbons (Fsp3) is 0.389. The Labute approximate surface area is 131 Å². The summed E-state index contributed by atoms with van der Waals surface area (Å²) >= 11 is 1.62. The molecule has 0 radical (unpaired) electrons. The molecule has 3 heteroatoms. The molecular formula is C18H23NOS. The lowest BCUT2D eigenvalue weighted by atomic mass is 9.86. The van der Waals surface area contributed by atoms with E-state index in [-0.39, 0.29) is 17.4 Å². The summed E-state index contributed by atoms with van der Waals surface area (Å²) < 4.78 is 0. The number of rotatable bonds is 4. The lowest BCUT2D eigenvalue weighted by molar-refractivity contribution is -0.121. The summed E-state index contributed by atoms with van der Waals surface area (Å²) in [4.78, 5) is 12.0. The molecule has 0 bridgehead atoms. The Bertz CT molecular complexity index is 579. The van der Waals surface area contributed by atoms with Gasteiger partial charge in [-0.05, 0) is 45.9 Å². The van der Waals surface area contributed by atoms with Gasteiger partial charge in [0, 0.05) is 0 Å². The molecule has 2 aromatic rings. The average Bonchev–Trinajstić information content (AvgIpc) is 2.90. The third-order valence-electron chi connectivity index (χ3n) is 3.60. The SMILES string of the molecule is CC(NC(=O)Cc1ccsc1)c1ccc(C(C)(C)C)cc1. The molecule has 21 heavy (non-hydrogen) atoms. The van der Waals surface area contributed by atoms with Gasteiger partial charge in [-0.2, -0.15) is 11.3 Å². The van der Waals surface area contributed by atoms with Crippen LogP contribution in [0.5, 0.6) is 0 Å². The number of thiophene rings is 1. The normalized spacial score (nSPS) is 13.0. The molecule has 0 aliphatic rings. The third-order valence-corrected chi connectivity index (χ3v) is 4.33. The molecule has 1 N–H and O–H groups in total. The fourth-order valence-electron chi connectivity index (χ4n) is 2.23. The van der Waals surface area contributed by atoms with E-state index in [1.165, 1.54) is 5.56 Å². The molecule has 2 rings (SSSR count). The van der Waals surface area contributed by atoms with Crippen LogP contribution < -0.4 is 5.32 Å². The first-order valence-electron chi connectivity index (χ1n) is 7.27. The third kappa shape index (κ3) is 4.43. The van der Waals surface area contributed by atoms with Crippen LogP contribution in [0.4, 0.5) is 0 Å². The summed E-state index contributed by atoms with van der Waals surface area (Å²) in [6, 6.07) is 10.5. The van der Waals surface area contributed by atoms with Crippen LogP contribution in [0.25, 0.3) is 0 Å². The Morgan fingerprint density at radius 3 is 2.38 bits per heavy atom. The molecule has 2 nitrogen and oxygen atoms in total. The van der Waals surface area contributed by atoms with Gasteiger partial charge in [-0.3, -0.25) is 4.79 Å². The Kier molecular flexibility index (Phi) is 4.84. The van der Waals surface area contributed by atoms with E-state index in [9.17, 15) is 4.79 Å². The summed E-state index contributed by atoms with van der Waals surface area (Å²) in [7, 11) is 0. The summed E-state index contributed by atoms with van der Waals surface area (Å²) in [5.41, 5.74) is 3.68. The summed E-state index contributed by atoms with van der Waals surface area (Å²) in [6.45, 7) is 8.63. The fourth-order valence-corrected chi connectivity index (χ4v) is 2.89. The van der Waals surface area contributed by atoms with E-state index in [0.29, 0.717) is 6.42 Å². The highest BCUT2D eigenvalue weighted by atomic mass is 32.1. The van der Waals surface area contributed by atoms with Crippen LogP contribution in [-0.4, -0.2) is 5.91 Å². The number of hydrogen-bond acceptors (Lipinski definition) is 2. The van der Waals surface area contributed by atoms with Crippen molar-refractivity contribution in [1.29, 1.82) is 0 Å². The Morgan fingerprint density at radius 1 is 1.19 bits per heavy atom. The van der Waals surface area contributed by atoms with Crippen LogP contribution in [0.3, 0.4) is 0 Å². The van der Waals surface area contributed by atoms with Gasteiger partial charge in [-0.1, -0.05) is 45.0 Å². The van der Waals surface area contributed by atoms with E-state index in [1.54, 1.807) is 11.3 Å². The zero-order valence-corrected chi connectivity index (χ0v) is 14.0. The predicted molar refractivity (Wildman–Crippen MR) is 89.7 cm³/mol. The molecule has 0 fully saturated rings. The molecule has 1 amide bonds. The molecule has 1 heterocycles. The van der Waals surface area contributed by atoms with E-state index in [0.717, 1.165) is 11.1 Å². The number of amides is 1. The highest BCUT2D eigenvalue weighted by Crippen LogP contribution is 2.23. The smallest absolute Gasteiger partial charge is 0.224 e. The van der Waals surface area contributed by atoms with Gasteiger partial charge >= 0.3 is 0 Å². The second-order valence-electron chi connectivity index (χ2n) is 6.47. The second kappa shape index (κ2) is 6.44. The summed E-state index contributed by atoms with van der Waals surface area (Å²) in [5.74, 6) is 0.0702. The quantitative estimate of drug-likeness (QED) is 0.887. The van der Waals surface area contributed by atoms with Crippen molar-refractivity contribution >= 4 is 17.2 Å². The molecule has 1 atom stereocenters. The van der Waals surface area contributed by atoms with Crippen molar-refractivity contribution in [2.75, 3.05) is 0 Å². The zero-order chi connectivity index (χ0) is 15.5. The number of carbonyl (C=O) groups excluding carboxylic acids is 1. The number of carbonyl (C=O) groups is 1. The van der Waals surface area contributed by atoms with Crippen molar-refractivity contribution in [2.24, 2.45) is 0 Å². The summed E-state index contributed by atoms with van der Waals surface area (Å²) in [6.07, 6.45) is 0.452. The highest BCUT2D eigenvalue weighted by Gasteiger charge is 2.15. The van der Waals surface area contributed by atoms with Crippen LogP contribution in [0.15, 0.2) is 41.1 Å². The average molecular weight is 301 g/mol.